The minimum absolute atomic E-state index is 0.310. The molecule has 0 atom stereocenters. The first-order valence-electron chi connectivity index (χ1n) is 8.24. The van der Waals surface area contributed by atoms with Gasteiger partial charge in [0.25, 0.3) is 0 Å². The Labute approximate surface area is 142 Å². The summed E-state index contributed by atoms with van der Waals surface area (Å²) in [5.74, 6) is 1.31. The monoisotopic (exact) mass is 362 g/mol. The van der Waals surface area contributed by atoms with Crippen LogP contribution in [0, 0.1) is 11.3 Å². The molecule has 1 fully saturated rings. The second kappa shape index (κ2) is 7.50. The molecule has 0 amide bonds. The van der Waals surface area contributed by atoms with Gasteiger partial charge in [-0.15, -0.1) is 0 Å². The maximum atomic E-state index is 9.19. The summed E-state index contributed by atoms with van der Waals surface area (Å²) in [4.78, 5) is 0. The van der Waals surface area contributed by atoms with E-state index in [1.807, 2.05) is 24.3 Å². The molecule has 2 heteroatoms. The average Bonchev–Trinajstić information content (AvgIpc) is 2.48. The molecule has 0 aliphatic heterocycles. The lowest BCUT2D eigenvalue weighted by molar-refractivity contribution is 0.180. The molecule has 1 N–H and O–H groups in total. The number of fused-ring (bicyclic) bond motifs is 1. The third kappa shape index (κ3) is 5.01. The Morgan fingerprint density at radius 1 is 0.909 bits per heavy atom. The van der Waals surface area contributed by atoms with Crippen molar-refractivity contribution in [2.24, 2.45) is 11.3 Å². The van der Waals surface area contributed by atoms with E-state index in [4.69, 9.17) is 0 Å². The number of hydrogen-bond acceptors (Lipinski definition) is 1. The van der Waals surface area contributed by atoms with Crippen molar-refractivity contribution in [2.45, 2.75) is 52.9 Å². The summed E-state index contributed by atoms with van der Waals surface area (Å²) in [6, 6.07) is 11.3. The molecule has 120 valence electrons. The van der Waals surface area contributed by atoms with Gasteiger partial charge in [0.2, 0.25) is 0 Å². The van der Waals surface area contributed by atoms with E-state index >= 15 is 0 Å². The molecule has 2 aromatic carbocycles. The van der Waals surface area contributed by atoms with Crippen molar-refractivity contribution in [1.29, 1.82) is 0 Å². The number of aromatic hydroxyl groups is 1. The molecule has 1 nitrogen and oxygen atoms in total. The Bertz CT molecular complexity index is 565. The van der Waals surface area contributed by atoms with Crippen LogP contribution in [-0.4, -0.2) is 5.11 Å². The van der Waals surface area contributed by atoms with Gasteiger partial charge in [0.1, 0.15) is 5.75 Å². The second-order valence-corrected chi connectivity index (χ2v) is 8.29. The zero-order chi connectivity index (χ0) is 16.2. The molecule has 0 aromatic heterocycles. The molecule has 1 saturated carbocycles. The summed E-state index contributed by atoms with van der Waals surface area (Å²) < 4.78 is 1.06. The normalized spacial score (nSPS) is 16.2. The SMILES string of the molecule is CC(C)(C)C1CCCCC1.Oc1ccc2cc(Br)ccc2c1. The van der Waals surface area contributed by atoms with E-state index < -0.39 is 0 Å². The fraction of sp³-hybridized carbons (Fsp3) is 0.500. The van der Waals surface area contributed by atoms with E-state index in [2.05, 4.69) is 36.7 Å². The van der Waals surface area contributed by atoms with Crippen molar-refractivity contribution in [3.8, 4) is 5.75 Å². The highest BCUT2D eigenvalue weighted by molar-refractivity contribution is 9.10. The Morgan fingerprint density at radius 3 is 2.09 bits per heavy atom. The van der Waals surface area contributed by atoms with Crippen molar-refractivity contribution in [3.63, 3.8) is 0 Å². The molecule has 0 heterocycles. The van der Waals surface area contributed by atoms with Crippen LogP contribution in [0.5, 0.6) is 5.75 Å². The molecular weight excluding hydrogens is 336 g/mol. The quantitative estimate of drug-likeness (QED) is 0.538. The molecular formula is C20H27BrO. The van der Waals surface area contributed by atoms with E-state index in [1.165, 1.54) is 32.1 Å². The van der Waals surface area contributed by atoms with Gasteiger partial charge in [-0.25, -0.2) is 0 Å². The summed E-state index contributed by atoms with van der Waals surface area (Å²) in [7, 11) is 0. The molecule has 0 bridgehead atoms. The summed E-state index contributed by atoms with van der Waals surface area (Å²) in [6.07, 6.45) is 7.38. The van der Waals surface area contributed by atoms with Gasteiger partial charge in [-0.3, -0.25) is 0 Å². The largest absolute Gasteiger partial charge is 0.508 e. The van der Waals surface area contributed by atoms with Gasteiger partial charge in [0.15, 0.2) is 0 Å². The standard InChI is InChI=1S/C10H7BrO.C10H20/c11-9-3-1-8-6-10(12)4-2-7(8)5-9;1-10(2,3)9-7-5-4-6-8-9/h1-6,12H;9H,4-8H2,1-3H3. The Hall–Kier alpha value is -1.02. The molecule has 0 unspecified atom stereocenters. The predicted octanol–water partition coefficient (Wildman–Crippen LogP) is 6.92. The van der Waals surface area contributed by atoms with Crippen LogP contribution in [0.4, 0.5) is 0 Å². The molecule has 1 aliphatic rings. The van der Waals surface area contributed by atoms with Crippen molar-refractivity contribution in [3.05, 3.63) is 40.9 Å². The second-order valence-electron chi connectivity index (χ2n) is 7.38. The minimum Gasteiger partial charge on any atom is -0.508 e. The lowest BCUT2D eigenvalue weighted by Crippen LogP contribution is -2.22. The van der Waals surface area contributed by atoms with Crippen molar-refractivity contribution in [1.82, 2.24) is 0 Å². The number of phenols is 1. The maximum Gasteiger partial charge on any atom is 0.116 e. The number of halogens is 1. The van der Waals surface area contributed by atoms with Gasteiger partial charge in [0.05, 0.1) is 0 Å². The smallest absolute Gasteiger partial charge is 0.116 e. The fourth-order valence-electron chi connectivity index (χ4n) is 3.17. The fourth-order valence-corrected chi connectivity index (χ4v) is 3.55. The maximum absolute atomic E-state index is 9.19. The highest BCUT2D eigenvalue weighted by Gasteiger charge is 2.25. The van der Waals surface area contributed by atoms with Crippen molar-refractivity contribution in [2.75, 3.05) is 0 Å². The third-order valence-corrected chi connectivity index (χ3v) is 5.11. The number of hydrogen-bond donors (Lipinski definition) is 1. The molecule has 0 spiro atoms. The molecule has 1 aliphatic carbocycles. The first kappa shape index (κ1) is 17.3. The summed E-state index contributed by atoms with van der Waals surface area (Å²) >= 11 is 3.39. The van der Waals surface area contributed by atoms with E-state index in [0.717, 1.165) is 21.2 Å². The predicted molar refractivity (Wildman–Crippen MR) is 99.3 cm³/mol. The van der Waals surface area contributed by atoms with Crippen LogP contribution in [0.25, 0.3) is 10.8 Å². The van der Waals surface area contributed by atoms with Gasteiger partial charge in [-0.1, -0.05) is 68.1 Å². The summed E-state index contributed by atoms with van der Waals surface area (Å²) in [6.45, 7) is 7.13. The van der Waals surface area contributed by atoms with Crippen LogP contribution in [0.3, 0.4) is 0 Å². The number of rotatable bonds is 0. The van der Waals surface area contributed by atoms with Gasteiger partial charge in [-0.2, -0.15) is 0 Å². The van der Waals surface area contributed by atoms with E-state index in [-0.39, 0.29) is 0 Å². The van der Waals surface area contributed by atoms with Gasteiger partial charge < -0.3 is 5.11 Å². The first-order chi connectivity index (χ1) is 10.4. The molecule has 0 radical (unpaired) electrons. The highest BCUT2D eigenvalue weighted by atomic mass is 79.9. The molecule has 22 heavy (non-hydrogen) atoms. The molecule has 2 aromatic rings. The van der Waals surface area contributed by atoms with Crippen molar-refractivity contribution >= 4 is 26.7 Å². The first-order valence-corrected chi connectivity index (χ1v) is 9.04. The van der Waals surface area contributed by atoms with E-state index in [1.54, 1.807) is 12.1 Å². The van der Waals surface area contributed by atoms with E-state index in [0.29, 0.717) is 11.2 Å². The van der Waals surface area contributed by atoms with Crippen LogP contribution in [0.15, 0.2) is 40.9 Å². The Morgan fingerprint density at radius 2 is 1.50 bits per heavy atom. The lowest BCUT2D eigenvalue weighted by Gasteiger charge is -2.33. The van der Waals surface area contributed by atoms with Gasteiger partial charge in [-0.05, 0) is 59.2 Å². The Kier molecular flexibility index (Phi) is 5.91. The lowest BCUT2D eigenvalue weighted by atomic mass is 9.72. The van der Waals surface area contributed by atoms with Crippen LogP contribution >= 0.6 is 15.9 Å². The summed E-state index contributed by atoms with van der Waals surface area (Å²) in [5.41, 5.74) is 0.570. The molecule has 3 rings (SSSR count). The van der Waals surface area contributed by atoms with Crippen LogP contribution < -0.4 is 0 Å². The number of phenolic OH excluding ortho intramolecular Hbond substituents is 1. The van der Waals surface area contributed by atoms with Crippen molar-refractivity contribution < 1.29 is 5.11 Å². The third-order valence-electron chi connectivity index (χ3n) is 4.62. The zero-order valence-corrected chi connectivity index (χ0v) is 15.5. The summed E-state index contributed by atoms with van der Waals surface area (Å²) in [5, 5.41) is 11.4. The zero-order valence-electron chi connectivity index (χ0n) is 13.9. The average molecular weight is 363 g/mol. The number of benzene rings is 2. The highest BCUT2D eigenvalue weighted by Crippen LogP contribution is 2.37. The minimum atomic E-state index is 0.310. The van der Waals surface area contributed by atoms with Crippen LogP contribution in [0.2, 0.25) is 0 Å². The van der Waals surface area contributed by atoms with E-state index in [9.17, 15) is 5.11 Å². The van der Waals surface area contributed by atoms with Gasteiger partial charge in [0, 0.05) is 4.47 Å². The molecule has 0 saturated heterocycles. The van der Waals surface area contributed by atoms with Crippen LogP contribution in [0.1, 0.15) is 52.9 Å². The topological polar surface area (TPSA) is 20.2 Å². The van der Waals surface area contributed by atoms with Gasteiger partial charge >= 0.3 is 0 Å². The Balaban J connectivity index is 0.000000164. The van der Waals surface area contributed by atoms with Crippen LogP contribution in [-0.2, 0) is 0 Å².